The summed E-state index contributed by atoms with van der Waals surface area (Å²) in [6.07, 6.45) is 1.69. The summed E-state index contributed by atoms with van der Waals surface area (Å²) in [7, 11) is 0. The minimum atomic E-state index is -0.446. The minimum absolute atomic E-state index is 0.0773. The number of piperidine rings is 1. The highest BCUT2D eigenvalue weighted by atomic mass is 32.1. The van der Waals surface area contributed by atoms with Gasteiger partial charge in [-0.1, -0.05) is 0 Å². The number of thiazole rings is 1. The van der Waals surface area contributed by atoms with E-state index >= 15 is 0 Å². The molecular weight excluding hydrogens is 334 g/mol. The fourth-order valence-corrected chi connectivity index (χ4v) is 4.85. The molecule has 2 aliphatic heterocycles. The molecular formula is C19H25N3O2S. The number of carbonyl (C=O) groups excluding carboxylic acids is 1. The molecule has 1 spiro atoms. The maximum absolute atomic E-state index is 12.4. The Hall–Kier alpha value is -1.82. The molecule has 1 aromatic carbocycles. The van der Waals surface area contributed by atoms with E-state index in [4.69, 9.17) is 9.72 Å². The Morgan fingerprint density at radius 2 is 2.04 bits per heavy atom. The van der Waals surface area contributed by atoms with Gasteiger partial charge in [-0.2, -0.15) is 0 Å². The number of anilines is 1. The first-order valence-electron chi connectivity index (χ1n) is 8.90. The van der Waals surface area contributed by atoms with Crippen LogP contribution in [0.1, 0.15) is 44.2 Å². The first-order chi connectivity index (χ1) is 11.8. The maximum atomic E-state index is 12.4. The lowest BCUT2D eigenvalue weighted by atomic mass is 9.74. The summed E-state index contributed by atoms with van der Waals surface area (Å²) >= 11 is 1.75. The van der Waals surface area contributed by atoms with Gasteiger partial charge >= 0.3 is 6.09 Å². The Kier molecular flexibility index (Phi) is 3.72. The Morgan fingerprint density at radius 1 is 1.32 bits per heavy atom. The second-order valence-electron chi connectivity index (χ2n) is 8.17. The third kappa shape index (κ3) is 2.86. The molecule has 4 rings (SSSR count). The zero-order chi connectivity index (χ0) is 17.8. The largest absolute Gasteiger partial charge is 0.444 e. The first-order valence-corrected chi connectivity index (χ1v) is 9.72. The fourth-order valence-electron chi connectivity index (χ4n) is 4.01. The number of hydrogen-bond donors (Lipinski definition) is 1. The molecule has 3 heterocycles. The number of aromatic nitrogens is 1. The van der Waals surface area contributed by atoms with Gasteiger partial charge in [0.1, 0.15) is 5.60 Å². The van der Waals surface area contributed by atoms with Crippen molar-refractivity contribution in [2.45, 2.75) is 51.6 Å². The molecule has 0 saturated carbocycles. The number of benzene rings is 1. The number of rotatable bonds is 0. The molecule has 0 radical (unpaired) electrons. The fraction of sp³-hybridized carbons (Fsp3) is 0.579. The summed E-state index contributed by atoms with van der Waals surface area (Å²) in [6.45, 7) is 10.2. The molecule has 5 nitrogen and oxygen atoms in total. The van der Waals surface area contributed by atoms with E-state index < -0.39 is 5.60 Å². The van der Waals surface area contributed by atoms with Gasteiger partial charge in [0.25, 0.3) is 0 Å². The van der Waals surface area contributed by atoms with Crippen LogP contribution in [0.4, 0.5) is 10.5 Å². The van der Waals surface area contributed by atoms with Crippen molar-refractivity contribution in [2.24, 2.45) is 0 Å². The SMILES string of the molecule is Cc1nc2c3c(ccc2s1)NCC31CCN(C(=O)OC(C)(C)C)CC1. The zero-order valence-electron chi connectivity index (χ0n) is 15.3. The summed E-state index contributed by atoms with van der Waals surface area (Å²) in [5.74, 6) is 0. The quantitative estimate of drug-likeness (QED) is 0.762. The number of amides is 1. The van der Waals surface area contributed by atoms with Crippen molar-refractivity contribution in [1.29, 1.82) is 0 Å². The predicted octanol–water partition coefficient (Wildman–Crippen LogP) is 4.30. The average molecular weight is 359 g/mol. The van der Waals surface area contributed by atoms with E-state index in [0.29, 0.717) is 0 Å². The van der Waals surface area contributed by atoms with Crippen LogP contribution in [0.25, 0.3) is 10.2 Å². The average Bonchev–Trinajstić information content (AvgIpc) is 3.06. The Bertz CT molecular complexity index is 829. The number of nitrogens with one attached hydrogen (secondary N) is 1. The number of likely N-dealkylation sites (tertiary alicyclic amines) is 1. The molecule has 0 aliphatic carbocycles. The van der Waals surface area contributed by atoms with Gasteiger partial charge in [-0.15, -0.1) is 11.3 Å². The monoisotopic (exact) mass is 359 g/mol. The molecule has 134 valence electrons. The molecule has 2 aromatic rings. The number of fused-ring (bicyclic) bond motifs is 4. The molecule has 1 fully saturated rings. The van der Waals surface area contributed by atoms with E-state index in [-0.39, 0.29) is 11.5 Å². The van der Waals surface area contributed by atoms with E-state index in [2.05, 4.69) is 24.4 Å². The van der Waals surface area contributed by atoms with E-state index in [1.165, 1.54) is 16.0 Å². The van der Waals surface area contributed by atoms with Gasteiger partial charge in [0.15, 0.2) is 0 Å². The number of ether oxygens (including phenoxy) is 1. The van der Waals surface area contributed by atoms with Gasteiger partial charge < -0.3 is 15.0 Å². The Labute approximate surface area is 152 Å². The van der Waals surface area contributed by atoms with Crippen molar-refractivity contribution in [3.63, 3.8) is 0 Å². The van der Waals surface area contributed by atoms with Crippen LogP contribution in [0.3, 0.4) is 0 Å². The molecule has 25 heavy (non-hydrogen) atoms. The van der Waals surface area contributed by atoms with Crippen LogP contribution in [0.5, 0.6) is 0 Å². The number of aryl methyl sites for hydroxylation is 1. The third-order valence-electron chi connectivity index (χ3n) is 5.19. The molecule has 0 unspecified atom stereocenters. The van der Waals surface area contributed by atoms with Gasteiger partial charge in [0.05, 0.1) is 15.2 Å². The standard InChI is InChI=1S/C19H25N3O2S/c1-12-21-16-14(25-12)6-5-13-15(16)19(11-20-13)7-9-22(10-8-19)17(23)24-18(2,3)4/h5-6,20H,7-11H2,1-4H3. The molecule has 1 amide bonds. The lowest BCUT2D eigenvalue weighted by molar-refractivity contribution is 0.0172. The number of nitrogens with zero attached hydrogens (tertiary/aromatic N) is 2. The molecule has 0 atom stereocenters. The second-order valence-corrected chi connectivity index (χ2v) is 9.40. The van der Waals surface area contributed by atoms with Crippen molar-refractivity contribution in [3.05, 3.63) is 22.7 Å². The van der Waals surface area contributed by atoms with E-state index in [0.717, 1.165) is 43.0 Å². The molecule has 1 N–H and O–H groups in total. The highest BCUT2D eigenvalue weighted by Gasteiger charge is 2.44. The van der Waals surface area contributed by atoms with Crippen molar-refractivity contribution in [2.75, 3.05) is 25.0 Å². The smallest absolute Gasteiger partial charge is 0.410 e. The summed E-state index contributed by atoms with van der Waals surface area (Å²) < 4.78 is 6.79. The summed E-state index contributed by atoms with van der Waals surface area (Å²) in [6, 6.07) is 4.35. The van der Waals surface area contributed by atoms with Gasteiger partial charge in [-0.3, -0.25) is 0 Å². The normalized spacial score (nSPS) is 19.1. The van der Waals surface area contributed by atoms with Gasteiger partial charge in [-0.25, -0.2) is 9.78 Å². The van der Waals surface area contributed by atoms with Crippen LogP contribution in [0.2, 0.25) is 0 Å². The highest BCUT2D eigenvalue weighted by molar-refractivity contribution is 7.18. The first kappa shape index (κ1) is 16.6. The highest BCUT2D eigenvalue weighted by Crippen LogP contribution is 2.48. The number of carbonyl (C=O) groups is 1. The zero-order valence-corrected chi connectivity index (χ0v) is 16.1. The van der Waals surface area contributed by atoms with E-state index in [1.807, 2.05) is 25.7 Å². The second kappa shape index (κ2) is 5.59. The van der Waals surface area contributed by atoms with E-state index in [9.17, 15) is 4.79 Å². The minimum Gasteiger partial charge on any atom is -0.444 e. The van der Waals surface area contributed by atoms with Crippen LogP contribution in [-0.4, -0.2) is 41.2 Å². The van der Waals surface area contributed by atoms with Gasteiger partial charge in [0.2, 0.25) is 0 Å². The van der Waals surface area contributed by atoms with Gasteiger partial charge in [-0.05, 0) is 52.7 Å². The van der Waals surface area contributed by atoms with Crippen LogP contribution >= 0.6 is 11.3 Å². The van der Waals surface area contributed by atoms with Crippen LogP contribution in [0, 0.1) is 6.92 Å². The maximum Gasteiger partial charge on any atom is 0.410 e. The molecule has 2 aliphatic rings. The summed E-state index contributed by atoms with van der Waals surface area (Å²) in [4.78, 5) is 19.0. The van der Waals surface area contributed by atoms with Crippen molar-refractivity contribution >= 4 is 33.3 Å². The topological polar surface area (TPSA) is 54.5 Å². The van der Waals surface area contributed by atoms with E-state index in [1.54, 1.807) is 11.3 Å². The van der Waals surface area contributed by atoms with Crippen LogP contribution in [0.15, 0.2) is 12.1 Å². The molecule has 1 aromatic heterocycles. The summed E-state index contributed by atoms with van der Waals surface area (Å²) in [5.41, 5.74) is 3.35. The third-order valence-corrected chi connectivity index (χ3v) is 6.12. The lowest BCUT2D eigenvalue weighted by Gasteiger charge is -2.39. The van der Waals surface area contributed by atoms with Crippen molar-refractivity contribution in [1.82, 2.24) is 9.88 Å². The van der Waals surface area contributed by atoms with Gasteiger partial charge in [0, 0.05) is 36.3 Å². The van der Waals surface area contributed by atoms with Crippen molar-refractivity contribution in [3.8, 4) is 0 Å². The molecule has 1 saturated heterocycles. The van der Waals surface area contributed by atoms with Crippen LogP contribution < -0.4 is 5.32 Å². The Balaban J connectivity index is 1.59. The number of hydrogen-bond acceptors (Lipinski definition) is 5. The van der Waals surface area contributed by atoms with Crippen molar-refractivity contribution < 1.29 is 9.53 Å². The van der Waals surface area contributed by atoms with Crippen LogP contribution in [-0.2, 0) is 10.2 Å². The lowest BCUT2D eigenvalue weighted by Crippen LogP contribution is -2.47. The predicted molar refractivity (Wildman–Crippen MR) is 102 cm³/mol. The summed E-state index contributed by atoms with van der Waals surface area (Å²) in [5, 5.41) is 4.68. The molecule has 6 heteroatoms. The Morgan fingerprint density at radius 3 is 2.72 bits per heavy atom. The molecule has 0 bridgehead atoms.